The van der Waals surface area contributed by atoms with Gasteiger partial charge in [0.15, 0.2) is 5.82 Å². The number of aryl methyl sites for hydroxylation is 2. The van der Waals surface area contributed by atoms with Crippen LogP contribution in [0.15, 0.2) is 64.7 Å². The number of carbonyl (C=O) groups is 2. The number of carbonyl (C=O) groups excluding carboxylic acids is 2. The Labute approximate surface area is 176 Å². The maximum atomic E-state index is 13.0. The number of nitro groups is 1. The molecule has 2 aromatic carbocycles. The van der Waals surface area contributed by atoms with E-state index in [-0.39, 0.29) is 28.4 Å². The van der Waals surface area contributed by atoms with E-state index in [1.54, 1.807) is 37.3 Å². The lowest BCUT2D eigenvalue weighted by molar-refractivity contribution is -0.384. The molecule has 0 spiro atoms. The fraction of sp³-hybridized carbons (Fsp3) is 0.136. The van der Waals surface area contributed by atoms with Crippen molar-refractivity contribution in [3.8, 4) is 0 Å². The Morgan fingerprint density at radius 2 is 1.84 bits per heavy atom. The van der Waals surface area contributed by atoms with Crippen molar-refractivity contribution in [2.75, 3.05) is 4.90 Å². The molecular formula is C22H17N3O6. The standard InChI is InChI=1S/C22H17N3O6/c1-12-6-8-14(9-7-12)20(26)18-19(15-4-3-5-16(11-15)25(29)30)24(22(28)21(18)27)17-10-13(2)31-23-17/h3-11,19,26H,1-2H3/t19-/m0/s1. The van der Waals surface area contributed by atoms with Crippen molar-refractivity contribution >= 4 is 29.0 Å². The molecule has 4 rings (SSSR count). The molecule has 9 nitrogen and oxygen atoms in total. The molecule has 156 valence electrons. The highest BCUT2D eigenvalue weighted by Gasteiger charge is 2.48. The minimum Gasteiger partial charge on any atom is -0.507 e. The van der Waals surface area contributed by atoms with Gasteiger partial charge >= 0.3 is 5.91 Å². The Hall–Kier alpha value is -4.27. The summed E-state index contributed by atoms with van der Waals surface area (Å²) in [7, 11) is 0. The fourth-order valence-corrected chi connectivity index (χ4v) is 3.53. The first-order valence-corrected chi connectivity index (χ1v) is 9.33. The first-order valence-electron chi connectivity index (χ1n) is 9.33. The van der Waals surface area contributed by atoms with Crippen molar-refractivity contribution in [2.45, 2.75) is 19.9 Å². The summed E-state index contributed by atoms with van der Waals surface area (Å²) in [6.45, 7) is 3.50. The van der Waals surface area contributed by atoms with Gasteiger partial charge in [0.2, 0.25) is 0 Å². The monoisotopic (exact) mass is 419 g/mol. The fourth-order valence-electron chi connectivity index (χ4n) is 3.53. The van der Waals surface area contributed by atoms with Crippen LogP contribution in [0.3, 0.4) is 0 Å². The third-order valence-corrected chi connectivity index (χ3v) is 5.03. The Morgan fingerprint density at radius 3 is 2.45 bits per heavy atom. The summed E-state index contributed by atoms with van der Waals surface area (Å²) in [5.74, 6) is -1.74. The number of benzene rings is 2. The van der Waals surface area contributed by atoms with E-state index in [9.17, 15) is 24.8 Å². The number of rotatable bonds is 4. The average molecular weight is 419 g/mol. The first kappa shape index (κ1) is 20.0. The first-order chi connectivity index (χ1) is 14.8. The van der Waals surface area contributed by atoms with E-state index < -0.39 is 22.7 Å². The molecule has 0 bridgehead atoms. The van der Waals surface area contributed by atoms with Crippen LogP contribution in [0.4, 0.5) is 11.5 Å². The molecule has 1 N–H and O–H groups in total. The molecule has 1 fully saturated rings. The quantitative estimate of drug-likeness (QED) is 0.224. The molecule has 3 aromatic rings. The van der Waals surface area contributed by atoms with E-state index >= 15 is 0 Å². The molecule has 0 saturated carbocycles. The maximum Gasteiger partial charge on any atom is 0.301 e. The van der Waals surface area contributed by atoms with E-state index in [0.717, 1.165) is 10.5 Å². The number of anilines is 1. The summed E-state index contributed by atoms with van der Waals surface area (Å²) in [5, 5.41) is 26.1. The zero-order valence-electron chi connectivity index (χ0n) is 16.6. The Morgan fingerprint density at radius 1 is 1.13 bits per heavy atom. The molecule has 0 radical (unpaired) electrons. The summed E-state index contributed by atoms with van der Waals surface area (Å²) < 4.78 is 5.06. The van der Waals surface area contributed by atoms with Crippen molar-refractivity contribution in [3.05, 3.63) is 92.7 Å². The molecule has 1 aromatic heterocycles. The molecule has 1 amide bonds. The predicted molar refractivity (Wildman–Crippen MR) is 110 cm³/mol. The van der Waals surface area contributed by atoms with Crippen LogP contribution in [0.5, 0.6) is 0 Å². The summed E-state index contributed by atoms with van der Waals surface area (Å²) in [6, 6.07) is 12.7. The van der Waals surface area contributed by atoms with E-state index in [2.05, 4.69) is 5.16 Å². The highest BCUT2D eigenvalue weighted by molar-refractivity contribution is 6.51. The molecule has 2 heterocycles. The second-order valence-corrected chi connectivity index (χ2v) is 7.18. The van der Waals surface area contributed by atoms with E-state index in [1.807, 2.05) is 6.92 Å². The lowest BCUT2D eigenvalue weighted by atomic mass is 9.94. The topological polar surface area (TPSA) is 127 Å². The lowest BCUT2D eigenvalue weighted by Crippen LogP contribution is -2.29. The maximum absolute atomic E-state index is 13.0. The van der Waals surface area contributed by atoms with Gasteiger partial charge in [-0.1, -0.05) is 47.1 Å². The molecule has 1 aliphatic rings. The van der Waals surface area contributed by atoms with E-state index in [1.165, 1.54) is 24.3 Å². The normalized spacial score (nSPS) is 17.9. The van der Waals surface area contributed by atoms with Gasteiger partial charge in [-0.25, -0.2) is 0 Å². The lowest BCUT2D eigenvalue weighted by Gasteiger charge is -2.22. The minimum absolute atomic E-state index is 0.0686. The number of ketones is 1. The van der Waals surface area contributed by atoms with Crippen molar-refractivity contribution in [1.29, 1.82) is 0 Å². The molecule has 1 aliphatic heterocycles. The number of aliphatic hydroxyl groups is 1. The number of amides is 1. The van der Waals surface area contributed by atoms with Crippen LogP contribution in [0.2, 0.25) is 0 Å². The molecule has 0 aliphatic carbocycles. The van der Waals surface area contributed by atoms with Gasteiger partial charge < -0.3 is 9.63 Å². The minimum atomic E-state index is -1.12. The molecule has 1 atom stereocenters. The van der Waals surface area contributed by atoms with Crippen LogP contribution in [-0.4, -0.2) is 26.9 Å². The zero-order chi connectivity index (χ0) is 22.3. The Bertz CT molecular complexity index is 1240. The summed E-state index contributed by atoms with van der Waals surface area (Å²) in [6.07, 6.45) is 0. The van der Waals surface area contributed by atoms with Gasteiger partial charge in [-0.3, -0.25) is 24.6 Å². The SMILES string of the molecule is Cc1ccc(C(O)=C2C(=O)C(=O)N(c3cc(C)on3)[C@H]2c2cccc([N+](=O)[O-])c2)cc1. The number of nitro benzene ring substituents is 1. The number of Topliss-reactive ketones (excluding diaryl/α,β-unsaturated/α-hetero) is 1. The van der Waals surface area contributed by atoms with Crippen LogP contribution >= 0.6 is 0 Å². The van der Waals surface area contributed by atoms with E-state index in [0.29, 0.717) is 11.3 Å². The number of nitrogens with zero attached hydrogens (tertiary/aromatic N) is 3. The summed E-state index contributed by atoms with van der Waals surface area (Å²) in [5.41, 5.74) is 1.17. The predicted octanol–water partition coefficient (Wildman–Crippen LogP) is 3.83. The highest BCUT2D eigenvalue weighted by atomic mass is 16.6. The van der Waals surface area contributed by atoms with Gasteiger partial charge in [0, 0.05) is 23.8 Å². The van der Waals surface area contributed by atoms with Gasteiger partial charge in [0.1, 0.15) is 11.5 Å². The van der Waals surface area contributed by atoms with Crippen LogP contribution in [0, 0.1) is 24.0 Å². The van der Waals surface area contributed by atoms with Gasteiger partial charge in [-0.2, -0.15) is 0 Å². The molecular weight excluding hydrogens is 402 g/mol. The third kappa shape index (κ3) is 3.46. The van der Waals surface area contributed by atoms with E-state index in [4.69, 9.17) is 4.52 Å². The highest BCUT2D eigenvalue weighted by Crippen LogP contribution is 2.42. The van der Waals surface area contributed by atoms with Crippen LogP contribution in [-0.2, 0) is 9.59 Å². The van der Waals surface area contributed by atoms with Crippen molar-refractivity contribution in [3.63, 3.8) is 0 Å². The molecule has 0 unspecified atom stereocenters. The average Bonchev–Trinajstić information content (AvgIpc) is 3.29. The third-order valence-electron chi connectivity index (χ3n) is 5.03. The van der Waals surface area contributed by atoms with Gasteiger partial charge in [0.05, 0.1) is 16.5 Å². The summed E-state index contributed by atoms with van der Waals surface area (Å²) in [4.78, 5) is 37.7. The molecule has 1 saturated heterocycles. The number of non-ortho nitro benzene ring substituents is 1. The molecule has 31 heavy (non-hydrogen) atoms. The van der Waals surface area contributed by atoms with Crippen LogP contribution in [0.25, 0.3) is 5.76 Å². The second kappa shape index (κ2) is 7.52. The van der Waals surface area contributed by atoms with Crippen molar-refractivity contribution in [2.24, 2.45) is 0 Å². The number of hydrogen-bond acceptors (Lipinski definition) is 7. The Balaban J connectivity index is 1.96. The second-order valence-electron chi connectivity index (χ2n) is 7.18. The number of aromatic nitrogens is 1. The number of aliphatic hydroxyl groups excluding tert-OH is 1. The number of hydrogen-bond donors (Lipinski definition) is 1. The van der Waals surface area contributed by atoms with Crippen molar-refractivity contribution < 1.29 is 24.1 Å². The zero-order valence-corrected chi connectivity index (χ0v) is 16.6. The van der Waals surface area contributed by atoms with Gasteiger partial charge in [0.25, 0.3) is 11.5 Å². The largest absolute Gasteiger partial charge is 0.507 e. The van der Waals surface area contributed by atoms with Gasteiger partial charge in [-0.05, 0) is 19.4 Å². The van der Waals surface area contributed by atoms with Crippen LogP contribution in [0.1, 0.15) is 28.5 Å². The smallest absolute Gasteiger partial charge is 0.301 e. The van der Waals surface area contributed by atoms with Crippen molar-refractivity contribution in [1.82, 2.24) is 5.16 Å². The molecule has 9 heteroatoms. The Kier molecular flexibility index (Phi) is 4.86. The van der Waals surface area contributed by atoms with Gasteiger partial charge in [-0.15, -0.1) is 0 Å². The van der Waals surface area contributed by atoms with Crippen LogP contribution < -0.4 is 4.90 Å². The summed E-state index contributed by atoms with van der Waals surface area (Å²) >= 11 is 0.